The summed E-state index contributed by atoms with van der Waals surface area (Å²) >= 11 is 5.61. The minimum atomic E-state index is -0.552. The maximum Gasteiger partial charge on any atom is 0.169 e. The van der Waals surface area contributed by atoms with Gasteiger partial charge in [0, 0.05) is 18.9 Å². The average Bonchev–Trinajstić information content (AvgIpc) is 2.28. The van der Waals surface area contributed by atoms with Crippen LogP contribution in [0.3, 0.4) is 0 Å². The number of hydrogen-bond donors (Lipinski definition) is 0. The second kappa shape index (κ2) is 4.67. The zero-order valence-corrected chi connectivity index (χ0v) is 9.75. The van der Waals surface area contributed by atoms with Gasteiger partial charge < -0.3 is 4.90 Å². The van der Waals surface area contributed by atoms with Crippen molar-refractivity contribution >= 4 is 23.1 Å². The standard InChI is InChI=1S/C12H9ClF2N2/c1-17(10-4-2-3-9(14)6-10)12-11(15)5-8(13)7-16-12/h2-7H,1H3. The zero-order chi connectivity index (χ0) is 12.4. The van der Waals surface area contributed by atoms with Crippen molar-refractivity contribution in [2.24, 2.45) is 0 Å². The van der Waals surface area contributed by atoms with Crippen LogP contribution in [0.1, 0.15) is 0 Å². The summed E-state index contributed by atoms with van der Waals surface area (Å²) < 4.78 is 26.7. The molecule has 0 saturated heterocycles. The molecular weight excluding hydrogens is 246 g/mol. The third kappa shape index (κ3) is 2.53. The van der Waals surface area contributed by atoms with Gasteiger partial charge in [-0.05, 0) is 24.3 Å². The van der Waals surface area contributed by atoms with Gasteiger partial charge in [0.2, 0.25) is 0 Å². The van der Waals surface area contributed by atoms with E-state index in [-0.39, 0.29) is 16.7 Å². The first kappa shape index (κ1) is 11.8. The zero-order valence-electron chi connectivity index (χ0n) is 8.99. The van der Waals surface area contributed by atoms with Gasteiger partial charge in [0.25, 0.3) is 0 Å². The number of aromatic nitrogens is 1. The molecule has 0 aliphatic heterocycles. The van der Waals surface area contributed by atoms with Crippen molar-refractivity contribution in [2.75, 3.05) is 11.9 Å². The van der Waals surface area contributed by atoms with Crippen LogP contribution in [0.15, 0.2) is 36.5 Å². The lowest BCUT2D eigenvalue weighted by molar-refractivity contribution is 0.619. The number of benzene rings is 1. The normalized spacial score (nSPS) is 10.4. The second-order valence-electron chi connectivity index (χ2n) is 3.50. The fourth-order valence-corrected chi connectivity index (χ4v) is 1.61. The van der Waals surface area contributed by atoms with E-state index in [2.05, 4.69) is 4.98 Å². The van der Waals surface area contributed by atoms with E-state index >= 15 is 0 Å². The highest BCUT2D eigenvalue weighted by molar-refractivity contribution is 6.30. The Morgan fingerprint density at radius 1 is 1.24 bits per heavy atom. The van der Waals surface area contributed by atoms with Gasteiger partial charge in [0.15, 0.2) is 11.6 Å². The molecular formula is C12H9ClF2N2. The monoisotopic (exact) mass is 254 g/mol. The highest BCUT2D eigenvalue weighted by Gasteiger charge is 2.11. The summed E-state index contributed by atoms with van der Waals surface area (Å²) in [5.74, 6) is -0.840. The molecule has 2 rings (SSSR count). The van der Waals surface area contributed by atoms with Crippen LogP contribution in [0.4, 0.5) is 20.3 Å². The molecule has 0 N–H and O–H groups in total. The van der Waals surface area contributed by atoms with Gasteiger partial charge in [-0.2, -0.15) is 0 Å². The second-order valence-corrected chi connectivity index (χ2v) is 3.93. The lowest BCUT2D eigenvalue weighted by Gasteiger charge is -2.18. The summed E-state index contributed by atoms with van der Waals surface area (Å²) in [5, 5.41) is 0.221. The van der Waals surface area contributed by atoms with Crippen molar-refractivity contribution in [3.8, 4) is 0 Å². The van der Waals surface area contributed by atoms with Crippen LogP contribution < -0.4 is 4.90 Å². The molecule has 0 saturated carbocycles. The Labute approximate surface area is 102 Å². The van der Waals surface area contributed by atoms with Gasteiger partial charge in [-0.3, -0.25) is 0 Å². The van der Waals surface area contributed by atoms with E-state index < -0.39 is 5.82 Å². The highest BCUT2D eigenvalue weighted by atomic mass is 35.5. The fraction of sp³-hybridized carbons (Fsp3) is 0.0833. The largest absolute Gasteiger partial charge is 0.327 e. The van der Waals surface area contributed by atoms with Gasteiger partial charge in [-0.25, -0.2) is 13.8 Å². The summed E-state index contributed by atoms with van der Waals surface area (Å²) in [7, 11) is 1.61. The van der Waals surface area contributed by atoms with E-state index in [1.54, 1.807) is 19.2 Å². The molecule has 1 aromatic carbocycles. The first-order chi connectivity index (χ1) is 8.08. The number of anilines is 2. The highest BCUT2D eigenvalue weighted by Crippen LogP contribution is 2.25. The molecule has 5 heteroatoms. The summed E-state index contributed by atoms with van der Waals surface area (Å²) in [4.78, 5) is 5.33. The summed E-state index contributed by atoms with van der Waals surface area (Å²) in [5.41, 5.74) is 0.513. The molecule has 17 heavy (non-hydrogen) atoms. The number of halogens is 3. The van der Waals surface area contributed by atoms with E-state index in [4.69, 9.17) is 11.6 Å². The van der Waals surface area contributed by atoms with Gasteiger partial charge in [0.1, 0.15) is 5.82 Å². The molecule has 0 amide bonds. The van der Waals surface area contributed by atoms with Crippen LogP contribution in [0.5, 0.6) is 0 Å². The van der Waals surface area contributed by atoms with Crippen molar-refractivity contribution in [2.45, 2.75) is 0 Å². The van der Waals surface area contributed by atoms with Crippen molar-refractivity contribution < 1.29 is 8.78 Å². The van der Waals surface area contributed by atoms with E-state index in [1.165, 1.54) is 29.3 Å². The molecule has 0 aliphatic carbocycles. The molecule has 0 bridgehead atoms. The maximum absolute atomic E-state index is 13.6. The minimum absolute atomic E-state index is 0.0972. The third-order valence-electron chi connectivity index (χ3n) is 2.30. The Morgan fingerprint density at radius 2 is 2.00 bits per heavy atom. The van der Waals surface area contributed by atoms with Crippen molar-refractivity contribution in [3.05, 3.63) is 53.2 Å². The van der Waals surface area contributed by atoms with Crippen molar-refractivity contribution in [1.29, 1.82) is 0 Å². The van der Waals surface area contributed by atoms with Crippen LogP contribution in [0, 0.1) is 11.6 Å². The van der Waals surface area contributed by atoms with E-state index in [0.717, 1.165) is 0 Å². The van der Waals surface area contributed by atoms with Gasteiger partial charge in [-0.15, -0.1) is 0 Å². The molecule has 1 heterocycles. The SMILES string of the molecule is CN(c1cccc(F)c1)c1ncc(Cl)cc1F. The Morgan fingerprint density at radius 3 is 2.65 bits per heavy atom. The molecule has 2 aromatic rings. The van der Waals surface area contributed by atoms with E-state index in [1.807, 2.05) is 0 Å². The average molecular weight is 255 g/mol. The third-order valence-corrected chi connectivity index (χ3v) is 2.51. The van der Waals surface area contributed by atoms with E-state index in [0.29, 0.717) is 5.69 Å². The Hall–Kier alpha value is -1.68. The van der Waals surface area contributed by atoms with Crippen LogP contribution in [0.2, 0.25) is 5.02 Å². The number of rotatable bonds is 2. The smallest absolute Gasteiger partial charge is 0.169 e. The molecule has 0 fully saturated rings. The van der Waals surface area contributed by atoms with Crippen molar-refractivity contribution in [3.63, 3.8) is 0 Å². The first-order valence-electron chi connectivity index (χ1n) is 4.88. The Kier molecular flexibility index (Phi) is 3.24. The molecule has 0 atom stereocenters. The Bertz CT molecular complexity index is 546. The molecule has 0 radical (unpaired) electrons. The molecule has 0 spiro atoms. The Balaban J connectivity index is 2.40. The fourth-order valence-electron chi connectivity index (χ4n) is 1.46. The van der Waals surface area contributed by atoms with Crippen LogP contribution in [-0.2, 0) is 0 Å². The molecule has 2 nitrogen and oxygen atoms in total. The number of pyridine rings is 1. The van der Waals surface area contributed by atoms with Gasteiger partial charge in [0.05, 0.1) is 5.02 Å². The van der Waals surface area contributed by atoms with Crippen molar-refractivity contribution in [1.82, 2.24) is 4.98 Å². The van der Waals surface area contributed by atoms with E-state index in [9.17, 15) is 8.78 Å². The predicted octanol–water partition coefficient (Wildman–Crippen LogP) is 3.78. The molecule has 1 aromatic heterocycles. The number of nitrogens with zero attached hydrogens (tertiary/aromatic N) is 2. The lowest BCUT2D eigenvalue weighted by Crippen LogP contribution is -2.13. The lowest BCUT2D eigenvalue weighted by atomic mass is 10.3. The van der Waals surface area contributed by atoms with Crippen LogP contribution >= 0.6 is 11.6 Å². The van der Waals surface area contributed by atoms with Gasteiger partial charge >= 0.3 is 0 Å². The summed E-state index contributed by atoms with van der Waals surface area (Å²) in [6.45, 7) is 0. The molecule has 0 unspecified atom stereocenters. The quantitative estimate of drug-likeness (QED) is 0.811. The minimum Gasteiger partial charge on any atom is -0.327 e. The van der Waals surface area contributed by atoms with Crippen LogP contribution in [0.25, 0.3) is 0 Å². The molecule has 0 aliphatic rings. The predicted molar refractivity (Wildman–Crippen MR) is 63.7 cm³/mol. The van der Waals surface area contributed by atoms with Gasteiger partial charge in [-0.1, -0.05) is 17.7 Å². The summed E-state index contributed by atoms with van der Waals surface area (Å²) in [6.07, 6.45) is 1.34. The topological polar surface area (TPSA) is 16.1 Å². The number of hydrogen-bond acceptors (Lipinski definition) is 2. The first-order valence-corrected chi connectivity index (χ1v) is 5.26. The maximum atomic E-state index is 13.6. The van der Waals surface area contributed by atoms with Crippen LogP contribution in [-0.4, -0.2) is 12.0 Å². The summed E-state index contributed by atoms with van der Waals surface area (Å²) in [6, 6.07) is 7.01. The molecule has 88 valence electrons.